The fourth-order valence-corrected chi connectivity index (χ4v) is 3.05. The smallest absolute Gasteiger partial charge is 0.248 e. The lowest BCUT2D eigenvalue weighted by atomic mass is 9.93. The van der Waals surface area contributed by atoms with Crippen LogP contribution in [-0.2, 0) is 0 Å². The summed E-state index contributed by atoms with van der Waals surface area (Å²) in [6, 6.07) is 11.9. The Morgan fingerprint density at radius 2 is 1.92 bits per heavy atom. The Kier molecular flexibility index (Phi) is 4.00. The zero-order valence-corrected chi connectivity index (χ0v) is 13.3. The van der Waals surface area contributed by atoms with Gasteiger partial charge >= 0.3 is 0 Å². The lowest BCUT2D eigenvalue weighted by Gasteiger charge is -2.26. The van der Waals surface area contributed by atoms with Crippen molar-refractivity contribution < 1.29 is 5.11 Å². The van der Waals surface area contributed by atoms with Crippen molar-refractivity contribution in [3.63, 3.8) is 0 Å². The Bertz CT molecular complexity index is 810. The van der Waals surface area contributed by atoms with E-state index in [4.69, 9.17) is 0 Å². The molecule has 1 saturated carbocycles. The van der Waals surface area contributed by atoms with E-state index in [-0.39, 0.29) is 6.10 Å². The number of hydrogen-bond donors (Lipinski definition) is 3. The molecule has 124 valence electrons. The standard InChI is InChI=1S/C17H20N6O/c24-13-9-7-12(8-10-13)19-15-5-3-6-16-21-17(22-23(15)16)20-14-4-1-2-11-18-14/h1-6,11-13,19,24H,7-10H2,(H,18,20,22). The van der Waals surface area contributed by atoms with E-state index < -0.39 is 0 Å². The molecule has 0 atom stereocenters. The van der Waals surface area contributed by atoms with Crippen LogP contribution in [0.5, 0.6) is 0 Å². The van der Waals surface area contributed by atoms with Crippen molar-refractivity contribution in [1.82, 2.24) is 19.6 Å². The molecule has 3 aromatic rings. The Morgan fingerprint density at radius 3 is 2.71 bits per heavy atom. The van der Waals surface area contributed by atoms with Gasteiger partial charge in [-0.05, 0) is 49.9 Å². The first kappa shape index (κ1) is 14.9. The van der Waals surface area contributed by atoms with E-state index >= 15 is 0 Å². The second kappa shape index (κ2) is 6.45. The molecule has 3 heterocycles. The minimum atomic E-state index is -0.153. The molecule has 0 unspecified atom stereocenters. The minimum absolute atomic E-state index is 0.153. The summed E-state index contributed by atoms with van der Waals surface area (Å²) >= 11 is 0. The van der Waals surface area contributed by atoms with E-state index in [0.29, 0.717) is 17.8 Å². The molecular formula is C17H20N6O. The number of fused-ring (bicyclic) bond motifs is 1. The first-order chi connectivity index (χ1) is 11.8. The number of aliphatic hydroxyl groups excluding tert-OH is 1. The van der Waals surface area contributed by atoms with Gasteiger partial charge in [0.2, 0.25) is 5.95 Å². The Labute approximate surface area is 139 Å². The summed E-state index contributed by atoms with van der Waals surface area (Å²) in [7, 11) is 0. The summed E-state index contributed by atoms with van der Waals surface area (Å²) in [5, 5.41) is 20.8. The third-order valence-corrected chi connectivity index (χ3v) is 4.31. The van der Waals surface area contributed by atoms with Crippen molar-refractivity contribution in [2.24, 2.45) is 0 Å². The first-order valence-corrected chi connectivity index (χ1v) is 8.26. The second-order valence-corrected chi connectivity index (χ2v) is 6.11. The van der Waals surface area contributed by atoms with Crippen LogP contribution in [0.4, 0.5) is 17.6 Å². The second-order valence-electron chi connectivity index (χ2n) is 6.11. The summed E-state index contributed by atoms with van der Waals surface area (Å²) in [6.07, 6.45) is 5.19. The zero-order chi connectivity index (χ0) is 16.4. The van der Waals surface area contributed by atoms with Crippen LogP contribution in [0.3, 0.4) is 0 Å². The molecule has 1 aliphatic rings. The largest absolute Gasteiger partial charge is 0.393 e. The van der Waals surface area contributed by atoms with Gasteiger partial charge in [-0.3, -0.25) is 0 Å². The zero-order valence-electron chi connectivity index (χ0n) is 13.3. The van der Waals surface area contributed by atoms with E-state index in [1.165, 1.54) is 0 Å². The summed E-state index contributed by atoms with van der Waals surface area (Å²) in [4.78, 5) is 8.72. The maximum absolute atomic E-state index is 9.64. The summed E-state index contributed by atoms with van der Waals surface area (Å²) < 4.78 is 1.80. The minimum Gasteiger partial charge on any atom is -0.393 e. The normalized spacial score (nSPS) is 20.9. The molecule has 1 aliphatic carbocycles. The van der Waals surface area contributed by atoms with Gasteiger partial charge in [0.1, 0.15) is 11.6 Å². The lowest BCUT2D eigenvalue weighted by molar-refractivity contribution is 0.126. The summed E-state index contributed by atoms with van der Waals surface area (Å²) in [6.45, 7) is 0. The van der Waals surface area contributed by atoms with Crippen LogP contribution in [-0.4, -0.2) is 36.8 Å². The van der Waals surface area contributed by atoms with Gasteiger partial charge in [-0.1, -0.05) is 12.1 Å². The van der Waals surface area contributed by atoms with Gasteiger partial charge < -0.3 is 15.7 Å². The van der Waals surface area contributed by atoms with Crippen molar-refractivity contribution in [1.29, 1.82) is 0 Å². The Morgan fingerprint density at radius 1 is 1.04 bits per heavy atom. The third kappa shape index (κ3) is 3.16. The van der Waals surface area contributed by atoms with Crippen molar-refractivity contribution in [2.75, 3.05) is 10.6 Å². The molecule has 0 amide bonds. The monoisotopic (exact) mass is 324 g/mol. The van der Waals surface area contributed by atoms with Gasteiger partial charge in [-0.15, -0.1) is 5.10 Å². The molecule has 3 N–H and O–H groups in total. The average molecular weight is 324 g/mol. The van der Waals surface area contributed by atoms with E-state index in [1.54, 1.807) is 10.7 Å². The maximum atomic E-state index is 9.64. The molecule has 7 nitrogen and oxygen atoms in total. The van der Waals surface area contributed by atoms with Crippen molar-refractivity contribution in [2.45, 2.75) is 37.8 Å². The first-order valence-electron chi connectivity index (χ1n) is 8.26. The molecule has 3 aromatic heterocycles. The molecule has 0 bridgehead atoms. The summed E-state index contributed by atoms with van der Waals surface area (Å²) in [5.41, 5.74) is 0.772. The van der Waals surface area contributed by atoms with Crippen LogP contribution >= 0.6 is 0 Å². The fourth-order valence-electron chi connectivity index (χ4n) is 3.05. The van der Waals surface area contributed by atoms with Gasteiger partial charge in [0, 0.05) is 12.2 Å². The van der Waals surface area contributed by atoms with Crippen molar-refractivity contribution >= 4 is 23.2 Å². The van der Waals surface area contributed by atoms with Gasteiger partial charge in [0.05, 0.1) is 6.10 Å². The van der Waals surface area contributed by atoms with E-state index in [1.807, 2.05) is 36.4 Å². The van der Waals surface area contributed by atoms with Crippen LogP contribution in [0.2, 0.25) is 0 Å². The van der Waals surface area contributed by atoms with Crippen LogP contribution in [0.25, 0.3) is 5.65 Å². The molecule has 0 aromatic carbocycles. The van der Waals surface area contributed by atoms with E-state index in [9.17, 15) is 5.11 Å². The van der Waals surface area contributed by atoms with Crippen molar-refractivity contribution in [3.8, 4) is 0 Å². The lowest BCUT2D eigenvalue weighted by Crippen LogP contribution is -2.29. The van der Waals surface area contributed by atoms with E-state index in [0.717, 1.165) is 37.1 Å². The molecule has 0 radical (unpaired) electrons. The maximum Gasteiger partial charge on any atom is 0.248 e. The number of pyridine rings is 2. The average Bonchev–Trinajstić information content (AvgIpc) is 3.01. The van der Waals surface area contributed by atoms with Gasteiger partial charge in [0.15, 0.2) is 5.65 Å². The van der Waals surface area contributed by atoms with Crippen LogP contribution in [0.1, 0.15) is 25.7 Å². The van der Waals surface area contributed by atoms with E-state index in [2.05, 4.69) is 25.7 Å². The molecule has 0 spiro atoms. The predicted molar refractivity (Wildman–Crippen MR) is 92.4 cm³/mol. The molecule has 0 saturated heterocycles. The Balaban J connectivity index is 1.56. The fraction of sp³-hybridized carbons (Fsp3) is 0.353. The van der Waals surface area contributed by atoms with Crippen LogP contribution < -0.4 is 10.6 Å². The molecule has 1 fully saturated rings. The number of rotatable bonds is 4. The van der Waals surface area contributed by atoms with Gasteiger partial charge in [-0.2, -0.15) is 9.50 Å². The number of anilines is 3. The van der Waals surface area contributed by atoms with Gasteiger partial charge in [0.25, 0.3) is 0 Å². The highest BCUT2D eigenvalue weighted by Crippen LogP contribution is 2.23. The van der Waals surface area contributed by atoms with Crippen LogP contribution in [0, 0.1) is 0 Å². The molecular weight excluding hydrogens is 304 g/mol. The molecule has 7 heteroatoms. The van der Waals surface area contributed by atoms with Crippen LogP contribution in [0.15, 0.2) is 42.6 Å². The topological polar surface area (TPSA) is 87.4 Å². The quantitative estimate of drug-likeness (QED) is 0.684. The number of aromatic nitrogens is 4. The number of hydrogen-bond acceptors (Lipinski definition) is 6. The highest BCUT2D eigenvalue weighted by molar-refractivity contribution is 5.55. The molecule has 4 rings (SSSR count). The molecule has 24 heavy (non-hydrogen) atoms. The number of nitrogens with zero attached hydrogens (tertiary/aromatic N) is 4. The SMILES string of the molecule is OC1CCC(Nc2cccc3nc(Nc4ccccn4)nn23)CC1. The van der Waals surface area contributed by atoms with Gasteiger partial charge in [-0.25, -0.2) is 4.98 Å². The Hall–Kier alpha value is -2.67. The third-order valence-electron chi connectivity index (χ3n) is 4.31. The van der Waals surface area contributed by atoms with Crippen molar-refractivity contribution in [3.05, 3.63) is 42.6 Å². The predicted octanol–water partition coefficient (Wildman–Crippen LogP) is 2.58. The highest BCUT2D eigenvalue weighted by Gasteiger charge is 2.20. The molecule has 0 aliphatic heterocycles. The highest BCUT2D eigenvalue weighted by atomic mass is 16.3. The number of aliphatic hydroxyl groups is 1. The number of nitrogens with one attached hydrogen (secondary N) is 2. The summed E-state index contributed by atoms with van der Waals surface area (Å²) in [5.74, 6) is 2.14.